The molecule has 7 heteroatoms. The zero-order chi connectivity index (χ0) is 13.9. The number of halogens is 1. The Labute approximate surface area is 120 Å². The first-order chi connectivity index (χ1) is 8.97. The first kappa shape index (κ1) is 14.0. The molecule has 0 aliphatic rings. The average molecular weight is 315 g/mol. The van der Waals surface area contributed by atoms with Crippen LogP contribution in [0.15, 0.2) is 46.4 Å². The largest absolute Gasteiger partial charge is 0.276 e. The molecule has 0 spiro atoms. The van der Waals surface area contributed by atoms with Crippen LogP contribution in [-0.2, 0) is 10.0 Å². The van der Waals surface area contributed by atoms with E-state index in [9.17, 15) is 8.42 Å². The van der Waals surface area contributed by atoms with Gasteiger partial charge in [-0.1, -0.05) is 11.6 Å². The summed E-state index contributed by atoms with van der Waals surface area (Å²) >= 11 is 7.24. The Morgan fingerprint density at radius 2 is 1.89 bits per heavy atom. The van der Waals surface area contributed by atoms with E-state index in [1.54, 1.807) is 0 Å². The molecule has 0 atom stereocenters. The Hall–Kier alpha value is -1.37. The molecule has 2 aromatic rings. The molecule has 1 aromatic carbocycles. The highest BCUT2D eigenvalue weighted by atomic mass is 35.5. The van der Waals surface area contributed by atoms with Crippen LogP contribution in [0.5, 0.6) is 0 Å². The maximum Gasteiger partial charge on any atom is 0.276 e. The van der Waals surface area contributed by atoms with Crippen molar-refractivity contribution in [1.82, 2.24) is 4.83 Å². The molecule has 0 radical (unpaired) electrons. The highest BCUT2D eigenvalue weighted by Crippen LogP contribution is 2.14. The molecule has 1 aromatic heterocycles. The van der Waals surface area contributed by atoms with Gasteiger partial charge in [-0.05, 0) is 43.3 Å². The van der Waals surface area contributed by atoms with Gasteiger partial charge in [-0.2, -0.15) is 13.5 Å². The van der Waals surface area contributed by atoms with Crippen molar-refractivity contribution in [2.24, 2.45) is 5.10 Å². The number of benzene rings is 1. The van der Waals surface area contributed by atoms with Gasteiger partial charge in [0.1, 0.15) is 0 Å². The summed E-state index contributed by atoms with van der Waals surface area (Å²) in [5.74, 6) is 0. The van der Waals surface area contributed by atoms with Crippen LogP contribution in [-0.4, -0.2) is 14.6 Å². The zero-order valence-corrected chi connectivity index (χ0v) is 12.4. The number of hydrazone groups is 1. The van der Waals surface area contributed by atoms with Crippen molar-refractivity contribution in [3.05, 3.63) is 51.2 Å². The van der Waals surface area contributed by atoms with Gasteiger partial charge in [-0.15, -0.1) is 11.3 Å². The van der Waals surface area contributed by atoms with Gasteiger partial charge in [0.25, 0.3) is 10.0 Å². The van der Waals surface area contributed by atoms with Gasteiger partial charge in [-0.3, -0.25) is 0 Å². The van der Waals surface area contributed by atoms with Crippen molar-refractivity contribution in [1.29, 1.82) is 0 Å². The fraction of sp³-hybridized carbons (Fsp3) is 0.0833. The first-order valence-corrected chi connectivity index (χ1v) is 8.02. The zero-order valence-electron chi connectivity index (χ0n) is 10.00. The molecule has 0 unspecified atom stereocenters. The molecule has 0 bridgehead atoms. The second-order valence-corrected chi connectivity index (χ2v) is 7.17. The van der Waals surface area contributed by atoms with Crippen molar-refractivity contribution in [3.63, 3.8) is 0 Å². The summed E-state index contributed by atoms with van der Waals surface area (Å²) in [6.07, 6.45) is 1.48. The third kappa shape index (κ3) is 3.79. The summed E-state index contributed by atoms with van der Waals surface area (Å²) in [6.45, 7) is 1.97. The monoisotopic (exact) mass is 314 g/mol. The van der Waals surface area contributed by atoms with E-state index in [-0.39, 0.29) is 4.90 Å². The van der Waals surface area contributed by atoms with Gasteiger partial charge >= 0.3 is 0 Å². The number of nitrogens with one attached hydrogen (secondary N) is 1. The molecule has 0 aliphatic heterocycles. The van der Waals surface area contributed by atoms with Crippen LogP contribution in [0, 0.1) is 6.92 Å². The number of thiophene rings is 1. The van der Waals surface area contributed by atoms with Gasteiger partial charge in [0.2, 0.25) is 0 Å². The first-order valence-electron chi connectivity index (χ1n) is 5.34. The number of nitrogens with zero attached hydrogens (tertiary/aromatic N) is 1. The summed E-state index contributed by atoms with van der Waals surface area (Å²) in [4.78, 5) is 4.31. The number of hydrogen-bond acceptors (Lipinski definition) is 4. The molecule has 0 amide bonds. The summed E-state index contributed by atoms with van der Waals surface area (Å²) < 4.78 is 23.7. The number of rotatable bonds is 4. The Kier molecular flexibility index (Phi) is 4.24. The van der Waals surface area contributed by atoms with Gasteiger partial charge in [-0.25, -0.2) is 4.83 Å². The summed E-state index contributed by atoms with van der Waals surface area (Å²) in [7, 11) is -3.64. The predicted octanol–water partition coefficient (Wildman–Crippen LogP) is 3.02. The van der Waals surface area contributed by atoms with Crippen LogP contribution in [0.3, 0.4) is 0 Å². The number of hydrogen-bond donors (Lipinski definition) is 1. The predicted molar refractivity (Wildman–Crippen MR) is 78.4 cm³/mol. The smallest absolute Gasteiger partial charge is 0.200 e. The van der Waals surface area contributed by atoms with Crippen LogP contribution >= 0.6 is 22.9 Å². The van der Waals surface area contributed by atoms with Gasteiger partial charge in [0.15, 0.2) is 0 Å². The molecule has 0 fully saturated rings. The number of sulfonamides is 1. The summed E-state index contributed by atoms with van der Waals surface area (Å²) in [5, 5.41) is 4.22. The average Bonchev–Trinajstić information content (AvgIpc) is 2.75. The summed E-state index contributed by atoms with van der Waals surface area (Å²) in [5.41, 5.74) is 0. The van der Waals surface area contributed by atoms with Crippen LogP contribution in [0.2, 0.25) is 5.02 Å². The normalized spacial score (nSPS) is 11.9. The summed E-state index contributed by atoms with van der Waals surface area (Å²) in [6, 6.07) is 9.70. The third-order valence-corrected chi connectivity index (χ3v) is 4.68. The minimum absolute atomic E-state index is 0.122. The molecule has 1 heterocycles. The molecular weight excluding hydrogens is 304 g/mol. The van der Waals surface area contributed by atoms with Crippen molar-refractivity contribution < 1.29 is 8.42 Å². The lowest BCUT2D eigenvalue weighted by Gasteiger charge is -2.02. The standard InChI is InChI=1S/C12H11ClN2O2S2/c1-9-2-5-11(18-9)8-14-15-19(16,17)12-6-3-10(13)4-7-12/h2-8,15H,1H3. The second-order valence-electron chi connectivity index (χ2n) is 3.76. The quantitative estimate of drug-likeness (QED) is 0.696. The van der Waals surface area contributed by atoms with Crippen molar-refractivity contribution in [3.8, 4) is 0 Å². The van der Waals surface area contributed by atoms with Gasteiger partial charge in [0, 0.05) is 14.8 Å². The van der Waals surface area contributed by atoms with Crippen LogP contribution in [0.1, 0.15) is 9.75 Å². The van der Waals surface area contributed by atoms with Crippen molar-refractivity contribution in [2.75, 3.05) is 0 Å². The Morgan fingerprint density at radius 1 is 1.21 bits per heavy atom. The lowest BCUT2D eigenvalue weighted by molar-refractivity contribution is 0.584. The maximum absolute atomic E-state index is 11.9. The SMILES string of the molecule is Cc1ccc(C=NNS(=O)(=O)c2ccc(Cl)cc2)s1. The number of aryl methyl sites for hydroxylation is 1. The van der Waals surface area contributed by atoms with E-state index in [1.807, 2.05) is 19.1 Å². The van der Waals surface area contributed by atoms with Crippen molar-refractivity contribution in [2.45, 2.75) is 11.8 Å². The Bertz CT molecular complexity index is 691. The fourth-order valence-electron chi connectivity index (χ4n) is 1.35. The van der Waals surface area contributed by atoms with Gasteiger partial charge < -0.3 is 0 Å². The molecule has 1 N–H and O–H groups in total. The van der Waals surface area contributed by atoms with Crippen LogP contribution in [0.4, 0.5) is 0 Å². The van der Waals surface area contributed by atoms with E-state index in [4.69, 9.17) is 11.6 Å². The topological polar surface area (TPSA) is 58.5 Å². The van der Waals surface area contributed by atoms with Crippen LogP contribution in [0.25, 0.3) is 0 Å². The van der Waals surface area contributed by atoms with E-state index in [1.165, 1.54) is 41.8 Å². The lowest BCUT2D eigenvalue weighted by Crippen LogP contribution is -2.18. The van der Waals surface area contributed by atoms with E-state index >= 15 is 0 Å². The van der Waals surface area contributed by atoms with Crippen LogP contribution < -0.4 is 4.83 Å². The second kappa shape index (κ2) is 5.73. The van der Waals surface area contributed by atoms with E-state index < -0.39 is 10.0 Å². The molecular formula is C12H11ClN2O2S2. The van der Waals surface area contributed by atoms with E-state index in [2.05, 4.69) is 9.93 Å². The Balaban J connectivity index is 2.09. The highest BCUT2D eigenvalue weighted by Gasteiger charge is 2.11. The molecule has 4 nitrogen and oxygen atoms in total. The van der Waals surface area contributed by atoms with Crippen molar-refractivity contribution >= 4 is 39.2 Å². The molecule has 19 heavy (non-hydrogen) atoms. The maximum atomic E-state index is 11.9. The molecule has 0 aliphatic carbocycles. The van der Waals surface area contributed by atoms with E-state index in [0.717, 1.165) is 9.75 Å². The highest BCUT2D eigenvalue weighted by molar-refractivity contribution is 7.89. The molecule has 0 saturated carbocycles. The van der Waals surface area contributed by atoms with Gasteiger partial charge in [0.05, 0.1) is 11.1 Å². The lowest BCUT2D eigenvalue weighted by atomic mass is 10.4. The molecule has 0 saturated heterocycles. The minimum atomic E-state index is -3.64. The fourth-order valence-corrected chi connectivity index (χ4v) is 3.02. The third-order valence-electron chi connectivity index (χ3n) is 2.25. The van der Waals surface area contributed by atoms with E-state index in [0.29, 0.717) is 5.02 Å². The Morgan fingerprint density at radius 3 is 2.47 bits per heavy atom. The molecule has 2 rings (SSSR count). The minimum Gasteiger partial charge on any atom is -0.200 e. The molecule has 100 valence electrons.